The third kappa shape index (κ3) is 3.61. The Kier molecular flexibility index (Phi) is 5.61. The fourth-order valence-corrected chi connectivity index (χ4v) is 4.17. The molecule has 1 unspecified atom stereocenters. The lowest BCUT2D eigenvalue weighted by Crippen LogP contribution is -2.31. The monoisotopic (exact) mass is 422 g/mol. The fourth-order valence-electron chi connectivity index (χ4n) is 4.17. The molecule has 1 aromatic heterocycles. The number of aliphatic hydroxyl groups excluding tert-OH is 1. The van der Waals surface area contributed by atoms with Gasteiger partial charge in [0.15, 0.2) is 0 Å². The molecule has 0 radical (unpaired) electrons. The zero-order valence-electron chi connectivity index (χ0n) is 17.3. The molecule has 1 fully saturated rings. The van der Waals surface area contributed by atoms with E-state index < -0.39 is 23.5 Å². The molecule has 1 amide bonds. The summed E-state index contributed by atoms with van der Waals surface area (Å²) in [5.41, 5.74) is 1.98. The number of Topliss-reactive ketones (excluding diaryl/α,β-unsaturated/α-hetero) is 1. The molecule has 3 aromatic rings. The SMILES string of the molecule is COCCCN1C(=O)C(=O)/C(=C(/O)c2ccc(F)cc2)C1c1cn(C)c2ccccc12. The number of likely N-dealkylation sites (tertiary alicyclic amines) is 1. The summed E-state index contributed by atoms with van der Waals surface area (Å²) in [7, 11) is 3.47. The van der Waals surface area contributed by atoms with Gasteiger partial charge in [0.2, 0.25) is 0 Å². The highest BCUT2D eigenvalue weighted by Crippen LogP contribution is 2.42. The number of para-hydroxylation sites is 1. The van der Waals surface area contributed by atoms with E-state index in [1.54, 1.807) is 7.11 Å². The van der Waals surface area contributed by atoms with Crippen LogP contribution in [0.3, 0.4) is 0 Å². The number of ether oxygens (including phenoxy) is 1. The number of amides is 1. The lowest BCUT2D eigenvalue weighted by molar-refractivity contribution is -0.140. The molecule has 31 heavy (non-hydrogen) atoms. The van der Waals surface area contributed by atoms with Crippen molar-refractivity contribution in [3.05, 3.63) is 77.2 Å². The van der Waals surface area contributed by atoms with Crippen LogP contribution in [0.5, 0.6) is 0 Å². The summed E-state index contributed by atoms with van der Waals surface area (Å²) in [6, 6.07) is 12.1. The summed E-state index contributed by atoms with van der Waals surface area (Å²) in [6.07, 6.45) is 2.42. The Morgan fingerprint density at radius 2 is 1.84 bits per heavy atom. The van der Waals surface area contributed by atoms with Gasteiger partial charge in [0.25, 0.3) is 11.7 Å². The smallest absolute Gasteiger partial charge is 0.295 e. The number of fused-ring (bicyclic) bond motifs is 1. The molecule has 1 atom stereocenters. The average Bonchev–Trinajstić information content (AvgIpc) is 3.23. The summed E-state index contributed by atoms with van der Waals surface area (Å²) in [5.74, 6) is -2.19. The molecular formula is C24H23FN2O4. The highest BCUT2D eigenvalue weighted by molar-refractivity contribution is 6.46. The number of carbonyl (C=O) groups is 2. The van der Waals surface area contributed by atoms with Crippen LogP contribution in [0.1, 0.15) is 23.6 Å². The van der Waals surface area contributed by atoms with Crippen molar-refractivity contribution in [3.8, 4) is 0 Å². The van der Waals surface area contributed by atoms with E-state index in [0.29, 0.717) is 19.6 Å². The molecule has 6 nitrogen and oxygen atoms in total. The number of rotatable bonds is 6. The van der Waals surface area contributed by atoms with E-state index in [-0.39, 0.29) is 16.9 Å². The first-order valence-corrected chi connectivity index (χ1v) is 10.0. The standard InChI is InChI=1S/C24H23FN2O4/c1-26-14-18(17-6-3-4-7-19(17)26)21-20(22(28)15-8-10-16(25)11-9-15)23(29)24(30)27(21)12-5-13-31-2/h3-4,6-11,14,21,28H,5,12-13H2,1-2H3/b22-20+. The maximum Gasteiger partial charge on any atom is 0.295 e. The second kappa shape index (κ2) is 8.35. The van der Waals surface area contributed by atoms with Crippen molar-refractivity contribution in [3.63, 3.8) is 0 Å². The molecule has 1 aliphatic heterocycles. The highest BCUT2D eigenvalue weighted by Gasteiger charge is 2.46. The third-order valence-electron chi connectivity index (χ3n) is 5.63. The molecule has 4 rings (SSSR count). The summed E-state index contributed by atoms with van der Waals surface area (Å²) in [5, 5.41) is 11.9. The van der Waals surface area contributed by atoms with E-state index in [0.717, 1.165) is 16.5 Å². The van der Waals surface area contributed by atoms with E-state index in [4.69, 9.17) is 4.74 Å². The van der Waals surface area contributed by atoms with Crippen molar-refractivity contribution in [1.82, 2.24) is 9.47 Å². The van der Waals surface area contributed by atoms with Crippen LogP contribution in [0.2, 0.25) is 0 Å². The van der Waals surface area contributed by atoms with Gasteiger partial charge in [-0.15, -0.1) is 0 Å². The molecule has 1 saturated heterocycles. The van der Waals surface area contributed by atoms with Gasteiger partial charge in [-0.25, -0.2) is 4.39 Å². The number of halogens is 1. The zero-order valence-corrected chi connectivity index (χ0v) is 17.3. The van der Waals surface area contributed by atoms with Gasteiger partial charge in [-0.3, -0.25) is 9.59 Å². The Morgan fingerprint density at radius 3 is 2.55 bits per heavy atom. The normalized spacial score (nSPS) is 18.3. The quantitative estimate of drug-likeness (QED) is 0.284. The van der Waals surface area contributed by atoms with Gasteiger partial charge in [-0.1, -0.05) is 18.2 Å². The van der Waals surface area contributed by atoms with Crippen molar-refractivity contribution in [1.29, 1.82) is 0 Å². The number of aryl methyl sites for hydroxylation is 1. The minimum Gasteiger partial charge on any atom is -0.507 e. The second-order valence-electron chi connectivity index (χ2n) is 7.56. The van der Waals surface area contributed by atoms with E-state index in [1.807, 2.05) is 42.1 Å². The Labute approximate surface area is 179 Å². The van der Waals surface area contributed by atoms with Crippen LogP contribution in [0.25, 0.3) is 16.7 Å². The van der Waals surface area contributed by atoms with Crippen LogP contribution in [0, 0.1) is 5.82 Å². The van der Waals surface area contributed by atoms with E-state index >= 15 is 0 Å². The molecule has 1 N–H and O–H groups in total. The van der Waals surface area contributed by atoms with Gasteiger partial charge < -0.3 is 19.3 Å². The lowest BCUT2D eigenvalue weighted by atomic mass is 9.95. The van der Waals surface area contributed by atoms with Gasteiger partial charge >= 0.3 is 0 Å². The number of aliphatic hydroxyl groups is 1. The average molecular weight is 422 g/mol. The molecule has 7 heteroatoms. The van der Waals surface area contributed by atoms with Gasteiger partial charge in [0, 0.05) is 55.5 Å². The largest absolute Gasteiger partial charge is 0.507 e. The van der Waals surface area contributed by atoms with E-state index in [1.165, 1.54) is 29.2 Å². The van der Waals surface area contributed by atoms with Gasteiger partial charge in [-0.05, 0) is 36.8 Å². The predicted molar refractivity (Wildman–Crippen MR) is 115 cm³/mol. The third-order valence-corrected chi connectivity index (χ3v) is 5.63. The number of nitrogens with zero attached hydrogens (tertiary/aromatic N) is 2. The molecular weight excluding hydrogens is 399 g/mol. The van der Waals surface area contributed by atoms with Crippen molar-refractivity contribution in [2.24, 2.45) is 7.05 Å². The van der Waals surface area contributed by atoms with Crippen molar-refractivity contribution < 1.29 is 23.8 Å². The Balaban J connectivity index is 1.91. The topological polar surface area (TPSA) is 71.8 Å². The van der Waals surface area contributed by atoms with Crippen molar-refractivity contribution in [2.75, 3.05) is 20.3 Å². The Hall–Kier alpha value is -3.45. The molecule has 2 heterocycles. The summed E-state index contributed by atoms with van der Waals surface area (Å²) < 4.78 is 20.4. The molecule has 160 valence electrons. The van der Waals surface area contributed by atoms with Gasteiger partial charge in [0.1, 0.15) is 11.6 Å². The molecule has 0 aliphatic carbocycles. The van der Waals surface area contributed by atoms with E-state index in [2.05, 4.69) is 0 Å². The molecule has 0 spiro atoms. The summed E-state index contributed by atoms with van der Waals surface area (Å²) >= 11 is 0. The lowest BCUT2D eigenvalue weighted by Gasteiger charge is -2.24. The van der Waals surface area contributed by atoms with Crippen LogP contribution < -0.4 is 0 Å². The number of hydrogen-bond acceptors (Lipinski definition) is 4. The van der Waals surface area contributed by atoms with Crippen LogP contribution >= 0.6 is 0 Å². The first kappa shape index (κ1) is 20.8. The molecule has 0 saturated carbocycles. The maximum absolute atomic E-state index is 13.4. The molecule has 2 aromatic carbocycles. The number of ketones is 1. The summed E-state index contributed by atoms with van der Waals surface area (Å²) in [6.45, 7) is 0.732. The Morgan fingerprint density at radius 1 is 1.13 bits per heavy atom. The number of benzene rings is 2. The van der Waals surface area contributed by atoms with E-state index in [9.17, 15) is 19.1 Å². The number of methoxy groups -OCH3 is 1. The van der Waals surface area contributed by atoms with Gasteiger partial charge in [0.05, 0.1) is 11.6 Å². The van der Waals surface area contributed by atoms with Crippen molar-refractivity contribution in [2.45, 2.75) is 12.5 Å². The number of aromatic nitrogens is 1. The number of carbonyl (C=O) groups excluding carboxylic acids is 2. The van der Waals surface area contributed by atoms with Gasteiger partial charge in [-0.2, -0.15) is 0 Å². The summed E-state index contributed by atoms with van der Waals surface area (Å²) in [4.78, 5) is 27.5. The second-order valence-corrected chi connectivity index (χ2v) is 7.56. The fraction of sp³-hybridized carbons (Fsp3) is 0.250. The zero-order chi connectivity index (χ0) is 22.1. The van der Waals surface area contributed by atoms with Crippen molar-refractivity contribution >= 4 is 28.4 Å². The maximum atomic E-state index is 13.4. The van der Waals surface area contributed by atoms with Crippen LogP contribution in [0.4, 0.5) is 4.39 Å². The highest BCUT2D eigenvalue weighted by atomic mass is 19.1. The van der Waals surface area contributed by atoms with Crippen LogP contribution in [0.15, 0.2) is 60.3 Å². The number of hydrogen-bond donors (Lipinski definition) is 1. The molecule has 1 aliphatic rings. The molecule has 0 bridgehead atoms. The van der Waals surface area contributed by atoms with Crippen LogP contribution in [-0.4, -0.2) is 46.5 Å². The predicted octanol–water partition coefficient (Wildman–Crippen LogP) is 3.78. The first-order valence-electron chi connectivity index (χ1n) is 10.0. The minimum absolute atomic E-state index is 0.00498. The van der Waals surface area contributed by atoms with Crippen LogP contribution in [-0.2, 0) is 21.4 Å². The first-order chi connectivity index (χ1) is 14.9. The Bertz CT molecular complexity index is 1180. The minimum atomic E-state index is -0.756.